The molecule has 1 aliphatic carbocycles. The van der Waals surface area contributed by atoms with Crippen LogP contribution < -0.4 is 11.1 Å². The molecule has 1 saturated carbocycles. The van der Waals surface area contributed by atoms with Crippen LogP contribution in [0, 0.1) is 5.92 Å². The molecule has 3 N–H and O–H groups in total. The number of carbonyl (C=O) groups is 1. The first kappa shape index (κ1) is 22.2. The highest BCUT2D eigenvalue weighted by molar-refractivity contribution is 5.85. The summed E-state index contributed by atoms with van der Waals surface area (Å²) in [4.78, 5) is 14.1. The molecule has 0 bridgehead atoms. The van der Waals surface area contributed by atoms with Crippen molar-refractivity contribution in [1.82, 2.24) is 10.2 Å². The van der Waals surface area contributed by atoms with Crippen molar-refractivity contribution in [2.45, 2.75) is 31.7 Å². The van der Waals surface area contributed by atoms with Crippen molar-refractivity contribution in [3.8, 4) is 0 Å². The minimum absolute atomic E-state index is 0. The van der Waals surface area contributed by atoms with Crippen LogP contribution in [0.15, 0.2) is 0 Å². The van der Waals surface area contributed by atoms with Gasteiger partial charge in [0.25, 0.3) is 0 Å². The number of likely N-dealkylation sites (N-methyl/N-ethyl adjacent to an activating group) is 1. The topological polar surface area (TPSA) is 67.6 Å². The third-order valence-corrected chi connectivity index (χ3v) is 3.56. The number of halogens is 2. The van der Waals surface area contributed by atoms with Crippen molar-refractivity contribution < 1.29 is 9.53 Å². The Bertz CT molecular complexity index is 258. The van der Waals surface area contributed by atoms with Crippen molar-refractivity contribution in [2.75, 3.05) is 40.4 Å². The summed E-state index contributed by atoms with van der Waals surface area (Å²) in [7, 11) is 3.73. The van der Waals surface area contributed by atoms with E-state index >= 15 is 0 Å². The molecule has 5 nitrogen and oxygen atoms in total. The van der Waals surface area contributed by atoms with Crippen molar-refractivity contribution in [3.05, 3.63) is 0 Å². The van der Waals surface area contributed by atoms with Gasteiger partial charge in [0.15, 0.2) is 0 Å². The number of hydrogen-bond donors (Lipinski definition) is 2. The summed E-state index contributed by atoms with van der Waals surface area (Å²) in [6.45, 7) is 3.17. The van der Waals surface area contributed by atoms with E-state index < -0.39 is 0 Å². The third-order valence-electron chi connectivity index (χ3n) is 3.56. The summed E-state index contributed by atoms with van der Waals surface area (Å²) < 4.78 is 5.00. The Morgan fingerprint density at radius 3 is 2.65 bits per heavy atom. The standard InChI is InChI=1S/C13H27N3O2.2ClH/c1-16(8-9-18-2)7-6-15-13(17)11-4-3-5-12(14)10-11;;/h11-12H,3-10,14H2,1-2H3,(H,15,17);2*1H. The van der Waals surface area contributed by atoms with Gasteiger partial charge in [-0.05, 0) is 26.3 Å². The smallest absolute Gasteiger partial charge is 0.223 e. The Kier molecular flexibility index (Phi) is 14.1. The molecule has 0 aromatic rings. The normalized spacial score (nSPS) is 21.8. The summed E-state index contributed by atoms with van der Waals surface area (Å²) in [6, 6.07) is 0.207. The van der Waals surface area contributed by atoms with Gasteiger partial charge in [-0.15, -0.1) is 24.8 Å². The Morgan fingerprint density at radius 2 is 2.05 bits per heavy atom. The number of nitrogens with one attached hydrogen (secondary N) is 1. The minimum atomic E-state index is 0. The summed E-state index contributed by atoms with van der Waals surface area (Å²) in [5, 5.41) is 3.00. The minimum Gasteiger partial charge on any atom is -0.383 e. The van der Waals surface area contributed by atoms with Gasteiger partial charge < -0.3 is 20.7 Å². The van der Waals surface area contributed by atoms with E-state index in [1.165, 1.54) is 0 Å². The molecule has 1 fully saturated rings. The average Bonchev–Trinajstić information content (AvgIpc) is 2.36. The monoisotopic (exact) mass is 329 g/mol. The SMILES string of the molecule is COCCN(C)CCNC(=O)C1CCCC(N)C1.Cl.Cl. The van der Waals surface area contributed by atoms with Gasteiger partial charge in [0, 0.05) is 38.7 Å². The molecule has 0 radical (unpaired) electrons. The van der Waals surface area contributed by atoms with E-state index in [-0.39, 0.29) is 42.7 Å². The predicted molar refractivity (Wildman–Crippen MR) is 86.8 cm³/mol. The van der Waals surface area contributed by atoms with Crippen LogP contribution in [0.5, 0.6) is 0 Å². The van der Waals surface area contributed by atoms with Gasteiger partial charge in [-0.2, -0.15) is 0 Å². The van der Waals surface area contributed by atoms with Crippen molar-refractivity contribution in [2.24, 2.45) is 11.7 Å². The Morgan fingerprint density at radius 1 is 1.35 bits per heavy atom. The van der Waals surface area contributed by atoms with Crippen LogP contribution >= 0.6 is 24.8 Å². The van der Waals surface area contributed by atoms with Crippen LogP contribution in [-0.4, -0.2) is 57.2 Å². The fourth-order valence-corrected chi connectivity index (χ4v) is 2.34. The number of methoxy groups -OCH3 is 1. The Balaban J connectivity index is 0. The zero-order valence-electron chi connectivity index (χ0n) is 12.5. The lowest BCUT2D eigenvalue weighted by molar-refractivity contribution is -0.126. The van der Waals surface area contributed by atoms with Gasteiger partial charge in [0.1, 0.15) is 0 Å². The van der Waals surface area contributed by atoms with Gasteiger partial charge in [-0.3, -0.25) is 4.79 Å². The molecule has 1 amide bonds. The number of amides is 1. The van der Waals surface area contributed by atoms with Gasteiger partial charge in [-0.1, -0.05) is 6.42 Å². The number of nitrogens with zero attached hydrogens (tertiary/aromatic N) is 1. The second kappa shape index (κ2) is 12.7. The van der Waals surface area contributed by atoms with Crippen LogP contribution in [0.2, 0.25) is 0 Å². The highest BCUT2D eigenvalue weighted by Crippen LogP contribution is 2.22. The molecule has 0 spiro atoms. The molecular weight excluding hydrogens is 301 g/mol. The van der Waals surface area contributed by atoms with Gasteiger partial charge in [0.2, 0.25) is 5.91 Å². The summed E-state index contributed by atoms with van der Waals surface area (Å²) in [5.74, 6) is 0.295. The van der Waals surface area contributed by atoms with E-state index in [9.17, 15) is 4.79 Å². The summed E-state index contributed by atoms with van der Waals surface area (Å²) >= 11 is 0. The van der Waals surface area contributed by atoms with E-state index in [1.54, 1.807) is 7.11 Å². The van der Waals surface area contributed by atoms with E-state index in [1.807, 2.05) is 7.05 Å². The first-order chi connectivity index (χ1) is 8.63. The molecule has 1 rings (SSSR count). The van der Waals surface area contributed by atoms with Crippen LogP contribution in [0.1, 0.15) is 25.7 Å². The lowest BCUT2D eigenvalue weighted by Crippen LogP contribution is -2.40. The molecule has 20 heavy (non-hydrogen) atoms. The van der Waals surface area contributed by atoms with Crippen LogP contribution in [0.3, 0.4) is 0 Å². The average molecular weight is 330 g/mol. The third kappa shape index (κ3) is 8.97. The molecule has 1 aliphatic rings. The number of ether oxygens (including phenoxy) is 1. The fourth-order valence-electron chi connectivity index (χ4n) is 2.34. The van der Waals surface area contributed by atoms with E-state index in [2.05, 4.69) is 10.2 Å². The van der Waals surface area contributed by atoms with Crippen molar-refractivity contribution in [3.63, 3.8) is 0 Å². The van der Waals surface area contributed by atoms with E-state index in [0.717, 1.165) is 45.4 Å². The first-order valence-electron chi connectivity index (χ1n) is 6.84. The Hall–Kier alpha value is -0.0700. The fraction of sp³-hybridized carbons (Fsp3) is 0.923. The second-order valence-corrected chi connectivity index (χ2v) is 5.21. The molecule has 0 aromatic carbocycles. The molecule has 0 aromatic heterocycles. The largest absolute Gasteiger partial charge is 0.383 e. The first-order valence-corrected chi connectivity index (χ1v) is 6.84. The Labute approximate surface area is 134 Å². The molecule has 7 heteroatoms. The van der Waals surface area contributed by atoms with Crippen LogP contribution in [0.25, 0.3) is 0 Å². The molecule has 0 saturated heterocycles. The van der Waals surface area contributed by atoms with Gasteiger partial charge in [-0.25, -0.2) is 0 Å². The highest BCUT2D eigenvalue weighted by atomic mass is 35.5. The zero-order chi connectivity index (χ0) is 13.4. The number of nitrogens with two attached hydrogens (primary N) is 1. The zero-order valence-corrected chi connectivity index (χ0v) is 14.1. The summed E-state index contributed by atoms with van der Waals surface area (Å²) in [6.07, 6.45) is 3.96. The van der Waals surface area contributed by atoms with Crippen molar-refractivity contribution in [1.29, 1.82) is 0 Å². The highest BCUT2D eigenvalue weighted by Gasteiger charge is 2.24. The molecule has 2 atom stereocenters. The lowest BCUT2D eigenvalue weighted by Gasteiger charge is -2.26. The number of rotatable bonds is 7. The van der Waals surface area contributed by atoms with Gasteiger partial charge >= 0.3 is 0 Å². The van der Waals surface area contributed by atoms with Crippen LogP contribution in [-0.2, 0) is 9.53 Å². The predicted octanol–water partition coefficient (Wildman–Crippen LogP) is 1.04. The maximum atomic E-state index is 11.9. The lowest BCUT2D eigenvalue weighted by atomic mass is 9.85. The van der Waals surface area contributed by atoms with E-state index in [4.69, 9.17) is 10.5 Å². The van der Waals surface area contributed by atoms with Crippen LogP contribution in [0.4, 0.5) is 0 Å². The van der Waals surface area contributed by atoms with Crippen molar-refractivity contribution >= 4 is 30.7 Å². The molecule has 0 heterocycles. The number of hydrogen-bond acceptors (Lipinski definition) is 4. The second-order valence-electron chi connectivity index (χ2n) is 5.21. The maximum Gasteiger partial charge on any atom is 0.223 e. The molecule has 2 unspecified atom stereocenters. The quantitative estimate of drug-likeness (QED) is 0.732. The molecule has 0 aliphatic heterocycles. The van der Waals surface area contributed by atoms with E-state index in [0.29, 0.717) is 6.54 Å². The van der Waals surface area contributed by atoms with Gasteiger partial charge in [0.05, 0.1) is 6.61 Å². The number of carbonyl (C=O) groups excluding carboxylic acids is 1. The molecular formula is C13H29Cl2N3O2. The molecule has 122 valence electrons. The summed E-state index contributed by atoms with van der Waals surface area (Å²) in [5.41, 5.74) is 5.89. The maximum absolute atomic E-state index is 11.9.